The Bertz CT molecular complexity index is 829. The maximum atomic E-state index is 12.5. The van der Waals surface area contributed by atoms with Gasteiger partial charge in [-0.2, -0.15) is 0 Å². The average Bonchev–Trinajstić information content (AvgIpc) is 3.20. The van der Waals surface area contributed by atoms with Crippen LogP contribution >= 0.6 is 0 Å². The van der Waals surface area contributed by atoms with Gasteiger partial charge >= 0.3 is 0 Å². The summed E-state index contributed by atoms with van der Waals surface area (Å²) in [5.74, 6) is -0.505. The standard InChI is InChI=1S/C51H99NO4/c1-3-5-7-9-11-13-15-17-19-21-23-24-25-26-27-28-30-31-33-35-37-39-41-43-45-49(54)48(47-53)52-51(56)50(55)46-44-42-40-38-36-34-32-29-22-20-18-16-14-12-10-8-6-4-2/h22,29,43,45,48-50,53-55H,3-21,23-28,30-42,44,46-47H2,1-2H3,(H,52,56)/b29-22-,45-43+. The lowest BCUT2D eigenvalue weighted by Crippen LogP contribution is -2.48. The summed E-state index contributed by atoms with van der Waals surface area (Å²) in [6.45, 7) is 4.20. The fourth-order valence-electron chi connectivity index (χ4n) is 7.83. The fourth-order valence-corrected chi connectivity index (χ4v) is 7.83. The van der Waals surface area contributed by atoms with Gasteiger partial charge in [0.25, 0.3) is 0 Å². The van der Waals surface area contributed by atoms with E-state index in [1.165, 1.54) is 218 Å². The van der Waals surface area contributed by atoms with Crippen LogP contribution in [0.15, 0.2) is 24.3 Å². The fraction of sp³-hybridized carbons (Fsp3) is 0.902. The van der Waals surface area contributed by atoms with Gasteiger partial charge in [-0.15, -0.1) is 0 Å². The molecule has 332 valence electrons. The molecule has 3 unspecified atom stereocenters. The van der Waals surface area contributed by atoms with Gasteiger partial charge in [0.15, 0.2) is 0 Å². The summed E-state index contributed by atoms with van der Waals surface area (Å²) in [5.41, 5.74) is 0. The average molecular weight is 790 g/mol. The highest BCUT2D eigenvalue weighted by Gasteiger charge is 2.22. The molecule has 0 fully saturated rings. The van der Waals surface area contributed by atoms with E-state index in [1.54, 1.807) is 6.08 Å². The molecule has 0 rings (SSSR count). The smallest absolute Gasteiger partial charge is 0.249 e. The molecule has 1 amide bonds. The number of aliphatic hydroxyl groups excluding tert-OH is 3. The van der Waals surface area contributed by atoms with Crippen LogP contribution in [-0.4, -0.2) is 46.1 Å². The van der Waals surface area contributed by atoms with E-state index >= 15 is 0 Å². The Labute approximate surface area is 350 Å². The van der Waals surface area contributed by atoms with Crippen molar-refractivity contribution in [1.82, 2.24) is 5.32 Å². The molecule has 0 aromatic heterocycles. The van der Waals surface area contributed by atoms with Crippen LogP contribution in [0.5, 0.6) is 0 Å². The van der Waals surface area contributed by atoms with Crippen LogP contribution in [0.1, 0.15) is 271 Å². The molecule has 5 heteroatoms. The predicted molar refractivity (Wildman–Crippen MR) is 245 cm³/mol. The lowest BCUT2D eigenvalue weighted by molar-refractivity contribution is -0.131. The van der Waals surface area contributed by atoms with Crippen molar-refractivity contribution in [2.75, 3.05) is 6.61 Å². The topological polar surface area (TPSA) is 89.8 Å². The number of rotatable bonds is 46. The van der Waals surface area contributed by atoms with E-state index in [0.29, 0.717) is 6.42 Å². The molecule has 4 N–H and O–H groups in total. The second kappa shape index (κ2) is 46.5. The van der Waals surface area contributed by atoms with Crippen LogP contribution in [0.2, 0.25) is 0 Å². The van der Waals surface area contributed by atoms with Crippen LogP contribution in [0.3, 0.4) is 0 Å². The van der Waals surface area contributed by atoms with Crippen molar-refractivity contribution in [1.29, 1.82) is 0 Å². The molecule has 0 aliphatic rings. The second-order valence-electron chi connectivity index (χ2n) is 17.4. The quantitative estimate of drug-likeness (QED) is 0.0365. The molecule has 56 heavy (non-hydrogen) atoms. The molecular formula is C51H99NO4. The Morgan fingerprint density at radius 2 is 0.714 bits per heavy atom. The second-order valence-corrected chi connectivity index (χ2v) is 17.4. The van der Waals surface area contributed by atoms with Crippen molar-refractivity contribution in [2.24, 2.45) is 0 Å². The van der Waals surface area contributed by atoms with E-state index < -0.39 is 24.2 Å². The van der Waals surface area contributed by atoms with Crippen LogP contribution < -0.4 is 5.32 Å². The minimum atomic E-state index is -1.10. The summed E-state index contributed by atoms with van der Waals surface area (Å²) in [7, 11) is 0. The van der Waals surface area contributed by atoms with Crippen molar-refractivity contribution >= 4 is 5.91 Å². The maximum absolute atomic E-state index is 12.5. The van der Waals surface area contributed by atoms with E-state index in [2.05, 4.69) is 31.3 Å². The molecule has 0 spiro atoms. The predicted octanol–water partition coefficient (Wildman–Crippen LogP) is 14.9. The van der Waals surface area contributed by atoms with Crippen molar-refractivity contribution < 1.29 is 20.1 Å². The van der Waals surface area contributed by atoms with Gasteiger partial charge in [-0.05, 0) is 44.9 Å². The van der Waals surface area contributed by atoms with Gasteiger partial charge in [0.2, 0.25) is 5.91 Å². The number of allylic oxidation sites excluding steroid dienone is 3. The molecule has 0 heterocycles. The summed E-state index contributed by atoms with van der Waals surface area (Å²) in [6, 6.07) is -0.799. The minimum Gasteiger partial charge on any atom is -0.394 e. The maximum Gasteiger partial charge on any atom is 0.249 e. The molecule has 0 aromatic carbocycles. The van der Waals surface area contributed by atoms with E-state index in [1.807, 2.05) is 6.08 Å². The number of hydrogen-bond acceptors (Lipinski definition) is 4. The van der Waals surface area contributed by atoms with Gasteiger partial charge in [-0.3, -0.25) is 4.79 Å². The van der Waals surface area contributed by atoms with E-state index in [9.17, 15) is 20.1 Å². The Balaban J connectivity index is 3.61. The molecule has 0 saturated carbocycles. The lowest BCUT2D eigenvalue weighted by Gasteiger charge is -2.21. The van der Waals surface area contributed by atoms with Gasteiger partial charge in [-0.25, -0.2) is 0 Å². The number of unbranched alkanes of at least 4 members (excludes halogenated alkanes) is 36. The Morgan fingerprint density at radius 1 is 0.429 bits per heavy atom. The summed E-state index contributed by atoms with van der Waals surface area (Å²) >= 11 is 0. The van der Waals surface area contributed by atoms with Gasteiger partial charge in [-0.1, -0.05) is 250 Å². The minimum absolute atomic E-state index is 0.363. The van der Waals surface area contributed by atoms with Gasteiger partial charge < -0.3 is 20.6 Å². The van der Waals surface area contributed by atoms with Crippen molar-refractivity contribution in [3.05, 3.63) is 24.3 Å². The van der Waals surface area contributed by atoms with Crippen LogP contribution in [0, 0.1) is 0 Å². The summed E-state index contributed by atoms with van der Waals surface area (Å²) in [4.78, 5) is 12.5. The molecule has 0 bridgehead atoms. The monoisotopic (exact) mass is 790 g/mol. The van der Waals surface area contributed by atoms with Crippen molar-refractivity contribution in [2.45, 2.75) is 289 Å². The first-order chi connectivity index (χ1) is 27.6. The molecule has 0 radical (unpaired) electrons. The van der Waals surface area contributed by atoms with Gasteiger partial charge in [0, 0.05) is 0 Å². The first-order valence-electron chi connectivity index (χ1n) is 25.2. The number of amides is 1. The number of aliphatic hydroxyl groups is 3. The Hall–Kier alpha value is -1.17. The Morgan fingerprint density at radius 3 is 1.04 bits per heavy atom. The summed E-state index contributed by atoms with van der Waals surface area (Å²) in [6.07, 6.45) is 58.0. The molecule has 3 atom stereocenters. The third kappa shape index (κ3) is 41.0. The third-order valence-electron chi connectivity index (χ3n) is 11.8. The highest BCUT2D eigenvalue weighted by Crippen LogP contribution is 2.16. The number of carbonyl (C=O) groups is 1. The number of nitrogens with one attached hydrogen (secondary N) is 1. The number of carbonyl (C=O) groups excluding carboxylic acids is 1. The molecule has 0 saturated heterocycles. The molecule has 0 aromatic rings. The molecular weight excluding hydrogens is 691 g/mol. The molecule has 0 aliphatic carbocycles. The van der Waals surface area contributed by atoms with E-state index in [0.717, 1.165) is 32.1 Å². The number of hydrogen-bond donors (Lipinski definition) is 4. The zero-order valence-electron chi connectivity index (χ0n) is 37.8. The van der Waals surface area contributed by atoms with Crippen LogP contribution in [0.4, 0.5) is 0 Å². The van der Waals surface area contributed by atoms with Crippen molar-refractivity contribution in [3.8, 4) is 0 Å². The van der Waals surface area contributed by atoms with E-state index in [-0.39, 0.29) is 6.61 Å². The summed E-state index contributed by atoms with van der Waals surface area (Å²) in [5, 5.41) is 33.3. The SMILES string of the molecule is CCCCCCCCCC/C=C\CCCCCCCCC(O)C(=O)NC(CO)C(O)/C=C/CCCCCCCCCCCCCCCCCCCCCCCC. The zero-order valence-corrected chi connectivity index (χ0v) is 37.8. The highest BCUT2D eigenvalue weighted by atomic mass is 16.3. The molecule has 5 nitrogen and oxygen atoms in total. The lowest BCUT2D eigenvalue weighted by atomic mass is 10.0. The van der Waals surface area contributed by atoms with Crippen LogP contribution in [-0.2, 0) is 4.79 Å². The normalized spacial score (nSPS) is 13.6. The summed E-state index contributed by atoms with van der Waals surface area (Å²) < 4.78 is 0. The highest BCUT2D eigenvalue weighted by molar-refractivity contribution is 5.80. The first kappa shape index (κ1) is 54.8. The zero-order chi connectivity index (χ0) is 40.8. The van der Waals surface area contributed by atoms with E-state index in [4.69, 9.17) is 0 Å². The third-order valence-corrected chi connectivity index (χ3v) is 11.8. The van der Waals surface area contributed by atoms with Crippen LogP contribution in [0.25, 0.3) is 0 Å². The van der Waals surface area contributed by atoms with Gasteiger partial charge in [0.1, 0.15) is 6.10 Å². The first-order valence-corrected chi connectivity index (χ1v) is 25.2. The Kier molecular flexibility index (Phi) is 45.5. The largest absolute Gasteiger partial charge is 0.394 e. The van der Waals surface area contributed by atoms with Crippen molar-refractivity contribution in [3.63, 3.8) is 0 Å². The van der Waals surface area contributed by atoms with Gasteiger partial charge in [0.05, 0.1) is 18.8 Å². The molecule has 0 aliphatic heterocycles.